The fourth-order valence-electron chi connectivity index (χ4n) is 2.23. The minimum Gasteiger partial charge on any atom is -0.306 e. The molecule has 2 aromatic heterocycles. The maximum atomic E-state index is 12.3. The van der Waals surface area contributed by atoms with Gasteiger partial charge in [0.2, 0.25) is 0 Å². The molecule has 4 nitrogen and oxygen atoms in total. The number of carbonyl (C=O) groups excluding carboxylic acids is 1. The average Bonchev–Trinajstić information content (AvgIpc) is 3.17. The number of thiophene rings is 1. The SMILES string of the molecule is CCc1ccc(Cn2nccc2NC(=O)c2ccc(Br)s2)cc1. The molecular weight excluding hydrogens is 374 g/mol. The van der Waals surface area contributed by atoms with E-state index in [1.54, 1.807) is 23.0 Å². The maximum Gasteiger partial charge on any atom is 0.266 e. The molecule has 1 aromatic carbocycles. The van der Waals surface area contributed by atoms with E-state index in [9.17, 15) is 4.79 Å². The molecule has 0 aliphatic heterocycles. The van der Waals surface area contributed by atoms with Gasteiger partial charge in [-0.05, 0) is 45.6 Å². The highest BCUT2D eigenvalue weighted by atomic mass is 79.9. The van der Waals surface area contributed by atoms with Crippen molar-refractivity contribution in [1.29, 1.82) is 0 Å². The number of aryl methyl sites for hydroxylation is 1. The van der Waals surface area contributed by atoms with Crippen molar-refractivity contribution in [2.75, 3.05) is 5.32 Å². The molecule has 0 spiro atoms. The molecule has 0 aliphatic carbocycles. The molecule has 2 heterocycles. The first-order chi connectivity index (χ1) is 11.2. The quantitative estimate of drug-likeness (QED) is 0.694. The van der Waals surface area contributed by atoms with Crippen molar-refractivity contribution in [3.05, 3.63) is 68.5 Å². The predicted octanol–water partition coefficient (Wildman–Crippen LogP) is 4.57. The normalized spacial score (nSPS) is 10.7. The number of hydrogen-bond donors (Lipinski definition) is 1. The van der Waals surface area contributed by atoms with Crippen LogP contribution in [-0.4, -0.2) is 15.7 Å². The van der Waals surface area contributed by atoms with Gasteiger partial charge in [-0.15, -0.1) is 11.3 Å². The van der Waals surface area contributed by atoms with Crippen molar-refractivity contribution < 1.29 is 4.79 Å². The monoisotopic (exact) mass is 389 g/mol. The first-order valence-corrected chi connectivity index (χ1v) is 8.93. The van der Waals surface area contributed by atoms with E-state index >= 15 is 0 Å². The molecule has 3 rings (SSSR count). The molecule has 3 aromatic rings. The van der Waals surface area contributed by atoms with E-state index in [1.165, 1.54) is 16.9 Å². The number of halogens is 1. The van der Waals surface area contributed by atoms with E-state index in [2.05, 4.69) is 57.5 Å². The van der Waals surface area contributed by atoms with Crippen molar-refractivity contribution >= 4 is 39.0 Å². The van der Waals surface area contributed by atoms with Gasteiger partial charge in [-0.1, -0.05) is 31.2 Å². The zero-order valence-electron chi connectivity index (χ0n) is 12.6. The zero-order valence-corrected chi connectivity index (χ0v) is 15.0. The summed E-state index contributed by atoms with van der Waals surface area (Å²) >= 11 is 4.78. The summed E-state index contributed by atoms with van der Waals surface area (Å²) in [5.41, 5.74) is 2.46. The second-order valence-electron chi connectivity index (χ2n) is 5.10. The molecule has 0 aliphatic rings. The number of aromatic nitrogens is 2. The lowest BCUT2D eigenvalue weighted by Gasteiger charge is -2.09. The van der Waals surface area contributed by atoms with Crippen LogP contribution in [0.1, 0.15) is 27.7 Å². The minimum absolute atomic E-state index is 0.121. The Morgan fingerprint density at radius 2 is 1.91 bits per heavy atom. The van der Waals surface area contributed by atoms with E-state index in [-0.39, 0.29) is 5.91 Å². The molecular formula is C17H16BrN3OS. The Hall–Kier alpha value is -1.92. The van der Waals surface area contributed by atoms with Crippen LogP contribution in [0.3, 0.4) is 0 Å². The molecule has 0 atom stereocenters. The molecule has 0 unspecified atom stereocenters. The van der Waals surface area contributed by atoms with Gasteiger partial charge in [-0.3, -0.25) is 4.79 Å². The van der Waals surface area contributed by atoms with Crippen molar-refractivity contribution in [3.8, 4) is 0 Å². The Balaban J connectivity index is 1.72. The van der Waals surface area contributed by atoms with Crippen LogP contribution in [0.2, 0.25) is 0 Å². The van der Waals surface area contributed by atoms with Crippen molar-refractivity contribution in [2.45, 2.75) is 19.9 Å². The Morgan fingerprint density at radius 1 is 1.17 bits per heavy atom. The third kappa shape index (κ3) is 3.89. The fraction of sp³-hybridized carbons (Fsp3) is 0.176. The van der Waals surface area contributed by atoms with E-state index < -0.39 is 0 Å². The van der Waals surface area contributed by atoms with Gasteiger partial charge in [0.15, 0.2) is 0 Å². The van der Waals surface area contributed by atoms with Crippen LogP contribution in [0.4, 0.5) is 5.82 Å². The van der Waals surface area contributed by atoms with Gasteiger partial charge in [0.25, 0.3) is 5.91 Å². The summed E-state index contributed by atoms with van der Waals surface area (Å²) in [5, 5.41) is 7.22. The second kappa shape index (κ2) is 7.10. The van der Waals surface area contributed by atoms with Crippen LogP contribution in [-0.2, 0) is 13.0 Å². The topological polar surface area (TPSA) is 46.9 Å². The highest BCUT2D eigenvalue weighted by Crippen LogP contribution is 2.23. The lowest BCUT2D eigenvalue weighted by atomic mass is 10.1. The van der Waals surface area contributed by atoms with Crippen molar-refractivity contribution in [1.82, 2.24) is 9.78 Å². The van der Waals surface area contributed by atoms with Gasteiger partial charge in [-0.25, -0.2) is 4.68 Å². The number of nitrogens with zero attached hydrogens (tertiary/aromatic N) is 2. The molecule has 6 heteroatoms. The summed E-state index contributed by atoms with van der Waals surface area (Å²) in [4.78, 5) is 12.9. The standard InChI is InChI=1S/C17H16BrN3OS/c1-2-12-3-5-13(6-4-12)11-21-16(9-10-19-21)20-17(22)14-7-8-15(18)23-14/h3-10H,2,11H2,1H3,(H,20,22). The summed E-state index contributed by atoms with van der Waals surface area (Å²) in [6.45, 7) is 2.76. The Labute approximate surface area is 147 Å². The Kier molecular flexibility index (Phi) is 4.93. The van der Waals surface area contributed by atoms with Crippen LogP contribution in [0.5, 0.6) is 0 Å². The molecule has 0 radical (unpaired) electrons. The first-order valence-electron chi connectivity index (χ1n) is 7.32. The molecule has 0 bridgehead atoms. The van der Waals surface area contributed by atoms with Gasteiger partial charge in [0.1, 0.15) is 5.82 Å². The number of carbonyl (C=O) groups is 1. The lowest BCUT2D eigenvalue weighted by Crippen LogP contribution is -2.15. The van der Waals surface area contributed by atoms with Gasteiger partial charge >= 0.3 is 0 Å². The first kappa shape index (κ1) is 16.0. The molecule has 1 amide bonds. The highest BCUT2D eigenvalue weighted by molar-refractivity contribution is 9.11. The molecule has 0 fully saturated rings. The van der Waals surface area contributed by atoms with Gasteiger partial charge in [-0.2, -0.15) is 5.10 Å². The summed E-state index contributed by atoms with van der Waals surface area (Å²) in [7, 11) is 0. The van der Waals surface area contributed by atoms with Crippen LogP contribution in [0.25, 0.3) is 0 Å². The second-order valence-corrected chi connectivity index (χ2v) is 7.57. The van der Waals surface area contributed by atoms with Crippen LogP contribution in [0.15, 0.2) is 52.4 Å². The number of benzene rings is 1. The summed E-state index contributed by atoms with van der Waals surface area (Å²) in [6.07, 6.45) is 2.72. The Morgan fingerprint density at radius 3 is 2.57 bits per heavy atom. The largest absolute Gasteiger partial charge is 0.306 e. The van der Waals surface area contributed by atoms with E-state index in [0.29, 0.717) is 17.2 Å². The smallest absolute Gasteiger partial charge is 0.266 e. The number of rotatable bonds is 5. The third-order valence-electron chi connectivity index (χ3n) is 3.52. The summed E-state index contributed by atoms with van der Waals surface area (Å²) in [6, 6.07) is 13.9. The summed E-state index contributed by atoms with van der Waals surface area (Å²) in [5.74, 6) is 0.572. The number of anilines is 1. The van der Waals surface area contributed by atoms with E-state index in [0.717, 1.165) is 15.8 Å². The van der Waals surface area contributed by atoms with Crippen molar-refractivity contribution in [2.24, 2.45) is 0 Å². The lowest BCUT2D eigenvalue weighted by molar-refractivity contribution is 0.102. The molecule has 0 saturated heterocycles. The van der Waals surface area contributed by atoms with Crippen LogP contribution in [0, 0.1) is 0 Å². The van der Waals surface area contributed by atoms with Gasteiger partial charge in [0, 0.05) is 6.07 Å². The highest BCUT2D eigenvalue weighted by Gasteiger charge is 2.12. The van der Waals surface area contributed by atoms with Gasteiger partial charge in [0.05, 0.1) is 21.4 Å². The molecule has 0 saturated carbocycles. The summed E-state index contributed by atoms with van der Waals surface area (Å²) < 4.78 is 2.73. The number of nitrogens with one attached hydrogen (secondary N) is 1. The molecule has 118 valence electrons. The third-order valence-corrected chi connectivity index (χ3v) is 5.14. The van der Waals surface area contributed by atoms with Crippen LogP contribution >= 0.6 is 27.3 Å². The number of amides is 1. The zero-order chi connectivity index (χ0) is 16.2. The van der Waals surface area contributed by atoms with E-state index in [4.69, 9.17) is 0 Å². The maximum absolute atomic E-state index is 12.3. The number of hydrogen-bond acceptors (Lipinski definition) is 3. The average molecular weight is 390 g/mol. The Bertz CT molecular complexity index is 807. The van der Waals surface area contributed by atoms with Crippen molar-refractivity contribution in [3.63, 3.8) is 0 Å². The molecule has 1 N–H and O–H groups in total. The van der Waals surface area contributed by atoms with Gasteiger partial charge < -0.3 is 5.32 Å². The van der Waals surface area contributed by atoms with E-state index in [1.807, 2.05) is 6.07 Å². The fourth-order valence-corrected chi connectivity index (χ4v) is 3.51. The predicted molar refractivity (Wildman–Crippen MR) is 97.1 cm³/mol. The minimum atomic E-state index is -0.121. The molecule has 23 heavy (non-hydrogen) atoms. The van der Waals surface area contributed by atoms with Crippen LogP contribution < -0.4 is 5.32 Å².